The highest BCUT2D eigenvalue weighted by atomic mass is 14.8. The van der Waals surface area contributed by atoms with Gasteiger partial charge < -0.3 is 0 Å². The molecule has 3 aromatic rings. The summed E-state index contributed by atoms with van der Waals surface area (Å²) < 4.78 is 0. The molecule has 1 aromatic carbocycles. The van der Waals surface area contributed by atoms with Crippen LogP contribution in [0, 0.1) is 0 Å². The van der Waals surface area contributed by atoms with Crippen molar-refractivity contribution in [2.75, 3.05) is 0 Å². The average Bonchev–Trinajstić information content (AvgIpc) is 2.49. The third-order valence-electron chi connectivity index (χ3n) is 2.76. The Morgan fingerprint density at radius 1 is 0.667 bits per heavy atom. The van der Waals surface area contributed by atoms with Crippen LogP contribution in [0.25, 0.3) is 22.4 Å². The molecule has 0 aliphatic carbocycles. The third-order valence-corrected chi connectivity index (χ3v) is 2.76. The maximum Gasteiger partial charge on any atom is 0.116 e. The van der Waals surface area contributed by atoms with Crippen LogP contribution in [0.15, 0.2) is 67.4 Å². The van der Waals surface area contributed by atoms with Crippen molar-refractivity contribution < 1.29 is 0 Å². The number of hydrogen-bond donors (Lipinski definition) is 0. The van der Waals surface area contributed by atoms with E-state index < -0.39 is 0 Å². The molecule has 2 aromatic heterocycles. The van der Waals surface area contributed by atoms with Crippen molar-refractivity contribution in [2.24, 2.45) is 0 Å². The lowest BCUT2D eigenvalue weighted by Crippen LogP contribution is -1.84. The molecular formula is C15H11N3. The fraction of sp³-hybridized carbons (Fsp3) is 0. The molecular weight excluding hydrogens is 222 g/mol. The molecule has 0 aliphatic heterocycles. The molecule has 0 amide bonds. The van der Waals surface area contributed by atoms with Gasteiger partial charge in [-0.05, 0) is 23.3 Å². The number of aromatic nitrogens is 3. The zero-order chi connectivity index (χ0) is 12.2. The second-order valence-corrected chi connectivity index (χ2v) is 3.91. The van der Waals surface area contributed by atoms with Gasteiger partial charge in [-0.15, -0.1) is 0 Å². The van der Waals surface area contributed by atoms with Crippen LogP contribution in [0.1, 0.15) is 0 Å². The predicted molar refractivity (Wildman–Crippen MR) is 70.7 cm³/mol. The van der Waals surface area contributed by atoms with Crippen LogP contribution < -0.4 is 0 Å². The molecule has 3 nitrogen and oxygen atoms in total. The molecule has 0 unspecified atom stereocenters. The van der Waals surface area contributed by atoms with E-state index in [1.165, 1.54) is 0 Å². The van der Waals surface area contributed by atoms with Gasteiger partial charge in [-0.2, -0.15) is 0 Å². The molecule has 0 aliphatic rings. The third kappa shape index (κ3) is 2.11. The van der Waals surface area contributed by atoms with Gasteiger partial charge in [0.15, 0.2) is 0 Å². The lowest BCUT2D eigenvalue weighted by Gasteiger charge is -2.03. The normalized spacial score (nSPS) is 10.2. The highest BCUT2D eigenvalue weighted by Gasteiger charge is 2.00. The van der Waals surface area contributed by atoms with Crippen LogP contribution in [-0.2, 0) is 0 Å². The van der Waals surface area contributed by atoms with E-state index in [9.17, 15) is 0 Å². The number of benzene rings is 1. The van der Waals surface area contributed by atoms with Gasteiger partial charge in [0, 0.05) is 24.2 Å². The van der Waals surface area contributed by atoms with Gasteiger partial charge in [0.1, 0.15) is 6.33 Å². The Morgan fingerprint density at radius 3 is 2.17 bits per heavy atom. The van der Waals surface area contributed by atoms with Gasteiger partial charge in [0.2, 0.25) is 0 Å². The number of rotatable bonds is 2. The largest absolute Gasteiger partial charge is 0.264 e. The maximum absolute atomic E-state index is 4.23. The summed E-state index contributed by atoms with van der Waals surface area (Å²) in [5.74, 6) is 0. The highest BCUT2D eigenvalue weighted by molar-refractivity contribution is 5.67. The first-order valence-electron chi connectivity index (χ1n) is 5.70. The summed E-state index contributed by atoms with van der Waals surface area (Å²) in [7, 11) is 0. The van der Waals surface area contributed by atoms with Gasteiger partial charge in [0.05, 0.1) is 5.69 Å². The second-order valence-electron chi connectivity index (χ2n) is 3.91. The van der Waals surface area contributed by atoms with Crippen LogP contribution in [-0.4, -0.2) is 15.0 Å². The van der Waals surface area contributed by atoms with E-state index in [-0.39, 0.29) is 0 Å². The van der Waals surface area contributed by atoms with E-state index >= 15 is 0 Å². The zero-order valence-corrected chi connectivity index (χ0v) is 9.69. The molecule has 0 spiro atoms. The molecule has 0 fully saturated rings. The highest BCUT2D eigenvalue weighted by Crippen LogP contribution is 2.22. The molecule has 0 saturated carbocycles. The van der Waals surface area contributed by atoms with Gasteiger partial charge >= 0.3 is 0 Å². The summed E-state index contributed by atoms with van der Waals surface area (Å²) in [6.07, 6.45) is 6.94. The molecule has 0 atom stereocenters. The first-order valence-corrected chi connectivity index (χ1v) is 5.70. The molecule has 0 N–H and O–H groups in total. The zero-order valence-electron chi connectivity index (χ0n) is 9.69. The first-order chi connectivity index (χ1) is 8.93. The van der Waals surface area contributed by atoms with Crippen molar-refractivity contribution in [3.8, 4) is 22.4 Å². The van der Waals surface area contributed by atoms with Gasteiger partial charge in [-0.25, -0.2) is 9.97 Å². The van der Waals surface area contributed by atoms with E-state index in [2.05, 4.69) is 39.2 Å². The molecule has 3 heteroatoms. The molecule has 0 saturated heterocycles. The van der Waals surface area contributed by atoms with E-state index in [1.54, 1.807) is 18.7 Å². The van der Waals surface area contributed by atoms with Crippen molar-refractivity contribution >= 4 is 0 Å². The smallest absolute Gasteiger partial charge is 0.116 e. The second kappa shape index (κ2) is 4.75. The minimum atomic E-state index is 0.933. The molecule has 3 rings (SSSR count). The van der Waals surface area contributed by atoms with E-state index in [0.29, 0.717) is 0 Å². The number of hydrogen-bond acceptors (Lipinski definition) is 3. The Balaban J connectivity index is 1.95. The Hall–Kier alpha value is -2.55. The lowest BCUT2D eigenvalue weighted by molar-refractivity contribution is 1.17. The van der Waals surface area contributed by atoms with Crippen molar-refractivity contribution in [1.82, 2.24) is 15.0 Å². The Bertz CT molecular complexity index is 560. The molecule has 86 valence electrons. The van der Waals surface area contributed by atoms with Crippen molar-refractivity contribution in [3.63, 3.8) is 0 Å². The van der Waals surface area contributed by atoms with Gasteiger partial charge in [0.25, 0.3) is 0 Å². The Labute approximate surface area is 105 Å². The van der Waals surface area contributed by atoms with E-state index in [1.807, 2.05) is 24.4 Å². The molecule has 0 radical (unpaired) electrons. The lowest BCUT2D eigenvalue weighted by atomic mass is 10.0. The summed E-state index contributed by atoms with van der Waals surface area (Å²) >= 11 is 0. The van der Waals surface area contributed by atoms with Crippen molar-refractivity contribution in [2.45, 2.75) is 0 Å². The van der Waals surface area contributed by atoms with Crippen LogP contribution in [0.3, 0.4) is 0 Å². The van der Waals surface area contributed by atoms with Crippen LogP contribution in [0.2, 0.25) is 0 Å². The summed E-state index contributed by atoms with van der Waals surface area (Å²) in [6, 6.07) is 14.2. The maximum atomic E-state index is 4.23. The van der Waals surface area contributed by atoms with Crippen LogP contribution in [0.4, 0.5) is 0 Å². The standard InChI is InChI=1S/C15H11N3/c1-2-14(10-16-8-1)12-3-5-13(6-4-12)15-7-9-17-11-18-15/h1-11H. The summed E-state index contributed by atoms with van der Waals surface area (Å²) in [4.78, 5) is 12.3. The fourth-order valence-electron chi connectivity index (χ4n) is 1.83. The van der Waals surface area contributed by atoms with E-state index in [0.717, 1.165) is 22.4 Å². The van der Waals surface area contributed by atoms with Gasteiger partial charge in [-0.3, -0.25) is 4.98 Å². The molecule has 0 bridgehead atoms. The minimum absolute atomic E-state index is 0.933. The minimum Gasteiger partial charge on any atom is -0.264 e. The monoisotopic (exact) mass is 233 g/mol. The van der Waals surface area contributed by atoms with Crippen LogP contribution >= 0.6 is 0 Å². The Morgan fingerprint density at radius 2 is 1.50 bits per heavy atom. The fourth-order valence-corrected chi connectivity index (χ4v) is 1.83. The summed E-state index contributed by atoms with van der Waals surface area (Å²) in [5.41, 5.74) is 4.29. The number of nitrogens with zero attached hydrogens (tertiary/aromatic N) is 3. The Kier molecular flexibility index (Phi) is 2.80. The molecule has 2 heterocycles. The van der Waals surface area contributed by atoms with Crippen molar-refractivity contribution in [1.29, 1.82) is 0 Å². The van der Waals surface area contributed by atoms with Gasteiger partial charge in [-0.1, -0.05) is 30.3 Å². The topological polar surface area (TPSA) is 38.7 Å². The van der Waals surface area contributed by atoms with Crippen molar-refractivity contribution in [3.05, 3.63) is 67.4 Å². The molecule has 18 heavy (non-hydrogen) atoms. The first kappa shape index (κ1) is 10.6. The predicted octanol–water partition coefficient (Wildman–Crippen LogP) is 3.21. The average molecular weight is 233 g/mol. The number of pyridine rings is 1. The summed E-state index contributed by atoms with van der Waals surface area (Å²) in [6.45, 7) is 0. The quantitative estimate of drug-likeness (QED) is 0.682. The SMILES string of the molecule is c1cncc(-c2ccc(-c3ccncn3)cc2)c1. The van der Waals surface area contributed by atoms with E-state index in [4.69, 9.17) is 0 Å². The van der Waals surface area contributed by atoms with Crippen LogP contribution in [0.5, 0.6) is 0 Å². The summed E-state index contributed by atoms with van der Waals surface area (Å²) in [5, 5.41) is 0.